The zero-order valence-corrected chi connectivity index (χ0v) is 21.0. The fourth-order valence-electron chi connectivity index (χ4n) is 2.75. The minimum Gasteiger partial charge on any atom is -0.382 e. The molecule has 2 amide bonds. The summed E-state index contributed by atoms with van der Waals surface area (Å²) in [6, 6.07) is 7.09. The van der Waals surface area contributed by atoms with Gasteiger partial charge in [0.15, 0.2) is 56.9 Å². The normalized spacial score (nSPS) is 11.7. The molecule has 0 bridgehead atoms. The molecule has 18 heteroatoms. The number of carbonyl (C=O) groups excluding carboxylic acids is 2. The van der Waals surface area contributed by atoms with Crippen LogP contribution in [0.1, 0.15) is 32.1 Å². The van der Waals surface area contributed by atoms with Crippen molar-refractivity contribution in [1.29, 1.82) is 0 Å². The van der Waals surface area contributed by atoms with Crippen molar-refractivity contribution in [3.05, 3.63) is 57.1 Å². The molecule has 1 aromatic carbocycles. The number of nitrogens with zero attached hydrogens (tertiary/aromatic N) is 6. The number of benzene rings is 1. The summed E-state index contributed by atoms with van der Waals surface area (Å²) in [7, 11) is 0. The summed E-state index contributed by atoms with van der Waals surface area (Å²) in [5.41, 5.74) is 34.9. The zero-order valence-electron chi connectivity index (χ0n) is 19.4. The van der Waals surface area contributed by atoms with Crippen LogP contribution in [0.2, 0.25) is 10.3 Å². The number of aromatic nitrogens is 4. The molecule has 0 fully saturated rings. The summed E-state index contributed by atoms with van der Waals surface area (Å²) in [5.74, 6) is -2.45. The number of amides is 2. The largest absolute Gasteiger partial charge is 0.382 e. The number of halogens is 2. The number of hydrogen-bond acceptors (Lipinski definition) is 12. The van der Waals surface area contributed by atoms with Gasteiger partial charge in [0.05, 0.1) is 13.1 Å². The maximum atomic E-state index is 12.3. The average Bonchev–Trinajstić information content (AvgIpc) is 2.86. The van der Waals surface area contributed by atoms with E-state index in [2.05, 4.69) is 40.6 Å². The Morgan fingerprint density at radius 2 is 1.00 bits per heavy atom. The SMILES string of the molecule is NC(=NCc1ccc(CN=C(N)NC(=O)c2nc(Cl)c(N)nc2N)cc1)NC(=O)c1nc(Cl)c(N)nc1N. The van der Waals surface area contributed by atoms with E-state index in [0.717, 1.165) is 11.1 Å². The predicted octanol–water partition coefficient (Wildman–Crippen LogP) is -0.608. The molecule has 2 heterocycles. The van der Waals surface area contributed by atoms with Gasteiger partial charge in [-0.1, -0.05) is 47.5 Å². The van der Waals surface area contributed by atoms with Gasteiger partial charge in [0.25, 0.3) is 11.8 Å². The number of rotatable bonds is 6. The van der Waals surface area contributed by atoms with Crippen molar-refractivity contribution < 1.29 is 9.59 Å². The number of nitrogens with one attached hydrogen (secondary N) is 2. The molecule has 3 rings (SSSR count). The summed E-state index contributed by atoms with van der Waals surface area (Å²) in [6.45, 7) is 0.314. The first kappa shape index (κ1) is 27.6. The Labute approximate surface area is 224 Å². The van der Waals surface area contributed by atoms with E-state index in [0.29, 0.717) is 0 Å². The number of nitrogen functional groups attached to an aromatic ring is 4. The third-order valence-corrected chi connectivity index (χ3v) is 5.17. The molecule has 0 spiro atoms. The third kappa shape index (κ3) is 7.05. The van der Waals surface area contributed by atoms with Crippen LogP contribution in [0, 0.1) is 0 Å². The molecule has 0 atom stereocenters. The van der Waals surface area contributed by atoms with E-state index in [9.17, 15) is 9.59 Å². The van der Waals surface area contributed by atoms with E-state index in [1.165, 1.54) is 0 Å². The maximum Gasteiger partial charge on any atom is 0.280 e. The van der Waals surface area contributed by atoms with Gasteiger partial charge >= 0.3 is 0 Å². The van der Waals surface area contributed by atoms with E-state index in [4.69, 9.17) is 57.6 Å². The highest BCUT2D eigenvalue weighted by Crippen LogP contribution is 2.18. The van der Waals surface area contributed by atoms with Crippen molar-refractivity contribution in [1.82, 2.24) is 30.6 Å². The van der Waals surface area contributed by atoms with Crippen molar-refractivity contribution in [2.24, 2.45) is 21.5 Å². The molecule has 38 heavy (non-hydrogen) atoms. The molecular weight excluding hydrogens is 539 g/mol. The van der Waals surface area contributed by atoms with Crippen LogP contribution in [0.5, 0.6) is 0 Å². The van der Waals surface area contributed by atoms with Crippen LogP contribution in [0.25, 0.3) is 0 Å². The lowest BCUT2D eigenvalue weighted by molar-refractivity contribution is 0.0964. The second-order valence-corrected chi connectivity index (χ2v) is 8.11. The van der Waals surface area contributed by atoms with Gasteiger partial charge in [-0.2, -0.15) is 0 Å². The molecule has 14 N–H and O–H groups in total. The number of anilines is 4. The molecule has 0 aliphatic heterocycles. The van der Waals surface area contributed by atoms with Crippen molar-refractivity contribution in [2.45, 2.75) is 13.1 Å². The van der Waals surface area contributed by atoms with Gasteiger partial charge in [-0.25, -0.2) is 29.9 Å². The minimum atomic E-state index is -0.745. The van der Waals surface area contributed by atoms with E-state index in [1.54, 1.807) is 24.3 Å². The van der Waals surface area contributed by atoms with Crippen LogP contribution in [0.3, 0.4) is 0 Å². The number of hydrogen-bond donors (Lipinski definition) is 8. The second kappa shape index (κ2) is 11.8. The lowest BCUT2D eigenvalue weighted by Gasteiger charge is -2.08. The molecule has 0 unspecified atom stereocenters. The van der Waals surface area contributed by atoms with E-state index in [-0.39, 0.29) is 70.0 Å². The molecule has 16 nitrogen and oxygen atoms in total. The van der Waals surface area contributed by atoms with Crippen LogP contribution in [0.4, 0.5) is 23.3 Å². The second-order valence-electron chi connectivity index (χ2n) is 7.39. The first-order chi connectivity index (χ1) is 17.9. The lowest BCUT2D eigenvalue weighted by Crippen LogP contribution is -2.37. The fourth-order valence-corrected chi connectivity index (χ4v) is 3.00. The van der Waals surface area contributed by atoms with Crippen LogP contribution >= 0.6 is 23.2 Å². The predicted molar refractivity (Wildman–Crippen MR) is 144 cm³/mol. The van der Waals surface area contributed by atoms with Crippen molar-refractivity contribution in [3.63, 3.8) is 0 Å². The number of carbonyl (C=O) groups is 2. The molecular formula is C20H22Cl2N14O2. The molecule has 2 aromatic heterocycles. The van der Waals surface area contributed by atoms with Crippen molar-refractivity contribution >= 4 is 70.2 Å². The Morgan fingerprint density at radius 1 is 0.658 bits per heavy atom. The van der Waals surface area contributed by atoms with Crippen LogP contribution in [-0.4, -0.2) is 43.7 Å². The molecule has 0 radical (unpaired) electrons. The highest BCUT2D eigenvalue weighted by molar-refractivity contribution is 6.32. The van der Waals surface area contributed by atoms with Crippen molar-refractivity contribution in [3.8, 4) is 0 Å². The summed E-state index contributed by atoms with van der Waals surface area (Å²) in [5, 5.41) is 4.36. The Bertz CT molecular complexity index is 1330. The lowest BCUT2D eigenvalue weighted by atomic mass is 10.1. The molecule has 198 valence electrons. The Kier molecular flexibility index (Phi) is 8.61. The van der Waals surface area contributed by atoms with Gasteiger partial charge < -0.3 is 34.4 Å². The molecule has 0 saturated carbocycles. The van der Waals surface area contributed by atoms with Crippen LogP contribution in [-0.2, 0) is 13.1 Å². The van der Waals surface area contributed by atoms with Crippen LogP contribution < -0.4 is 45.0 Å². The van der Waals surface area contributed by atoms with Gasteiger partial charge in [-0.05, 0) is 11.1 Å². The number of guanidine groups is 2. The number of aliphatic imine (C=N–C) groups is 2. The summed E-state index contributed by atoms with van der Waals surface area (Å²) in [6.07, 6.45) is 0. The maximum absolute atomic E-state index is 12.3. The monoisotopic (exact) mass is 560 g/mol. The molecule has 0 saturated heterocycles. The summed E-state index contributed by atoms with van der Waals surface area (Å²) in [4.78, 5) is 47.8. The minimum absolute atomic E-state index is 0.104. The van der Waals surface area contributed by atoms with Gasteiger partial charge in [0.1, 0.15) is 0 Å². The van der Waals surface area contributed by atoms with Crippen LogP contribution in [0.15, 0.2) is 34.3 Å². The van der Waals surface area contributed by atoms with E-state index >= 15 is 0 Å². The van der Waals surface area contributed by atoms with E-state index < -0.39 is 11.8 Å². The quantitative estimate of drug-likeness (QED) is 0.138. The van der Waals surface area contributed by atoms with Gasteiger partial charge in [-0.3, -0.25) is 20.2 Å². The Balaban J connectivity index is 1.54. The molecule has 3 aromatic rings. The standard InChI is InChI=1S/C20H22Cl2N14O2/c21-11-15(25)33-13(23)9(31-11)17(37)35-19(27)29-5-7-1-2-8(4-3-7)6-30-20(28)36-18(38)10-14(24)34-16(26)12(22)32-10/h1-4H,5-6H2,(H4,23,25,33)(H4,24,26,34)(H3,27,29,35,37)(H3,28,30,36,38). The third-order valence-electron chi connectivity index (χ3n) is 4.61. The summed E-state index contributed by atoms with van der Waals surface area (Å²) < 4.78 is 0. The molecule has 0 aliphatic carbocycles. The van der Waals surface area contributed by atoms with Gasteiger partial charge in [-0.15, -0.1) is 0 Å². The zero-order chi connectivity index (χ0) is 28.0. The number of nitrogens with two attached hydrogens (primary N) is 6. The first-order valence-corrected chi connectivity index (χ1v) is 11.2. The van der Waals surface area contributed by atoms with Gasteiger partial charge in [0, 0.05) is 0 Å². The topological polar surface area (TPSA) is 291 Å². The fraction of sp³-hybridized carbons (Fsp3) is 0.100. The van der Waals surface area contributed by atoms with Gasteiger partial charge in [0.2, 0.25) is 0 Å². The first-order valence-electron chi connectivity index (χ1n) is 10.4. The Morgan fingerprint density at radius 3 is 1.34 bits per heavy atom. The van der Waals surface area contributed by atoms with Crippen molar-refractivity contribution in [2.75, 3.05) is 22.9 Å². The smallest absolute Gasteiger partial charge is 0.280 e. The molecule has 0 aliphatic rings. The summed E-state index contributed by atoms with van der Waals surface area (Å²) >= 11 is 11.6. The average molecular weight is 561 g/mol. The van der Waals surface area contributed by atoms with E-state index in [1.807, 2.05) is 0 Å². The highest BCUT2D eigenvalue weighted by atomic mass is 35.5. The Hall–Kier alpha value is -4.96. The highest BCUT2D eigenvalue weighted by Gasteiger charge is 2.17.